The molecule has 0 amide bonds. The topological polar surface area (TPSA) is 43.4 Å². The lowest BCUT2D eigenvalue weighted by Crippen LogP contribution is -2.54. The zero-order valence-corrected chi connectivity index (χ0v) is 23.3. The first-order valence-corrected chi connectivity index (χ1v) is 14.2. The molecule has 0 aromatic rings. The van der Waals surface area contributed by atoms with E-state index < -0.39 is 0 Å². The van der Waals surface area contributed by atoms with Crippen LogP contribution in [0.5, 0.6) is 0 Å². The first-order chi connectivity index (χ1) is 15.8. The van der Waals surface area contributed by atoms with Crippen molar-refractivity contribution in [1.82, 2.24) is 0 Å². The fraction of sp³-hybridized carbons (Fsp3) is 0.871. The molecule has 3 heteroatoms. The minimum atomic E-state index is -0.132. The van der Waals surface area contributed by atoms with Crippen LogP contribution < -0.4 is 0 Å². The molecule has 7 atom stereocenters. The van der Waals surface area contributed by atoms with Crippen LogP contribution in [0.1, 0.15) is 120 Å². The van der Waals surface area contributed by atoms with E-state index in [1.54, 1.807) is 12.5 Å². The molecular weight excluding hydrogens is 420 g/mol. The van der Waals surface area contributed by atoms with Gasteiger partial charge in [0, 0.05) is 24.7 Å². The summed E-state index contributed by atoms with van der Waals surface area (Å²) in [6.07, 6.45) is 11.7. The average Bonchev–Trinajstić information content (AvgIpc) is 3.11. The number of ketones is 1. The second-order valence-corrected chi connectivity index (χ2v) is 13.8. The summed E-state index contributed by atoms with van der Waals surface area (Å²) in [7, 11) is 0. The Hall–Kier alpha value is -1.12. The van der Waals surface area contributed by atoms with Crippen molar-refractivity contribution in [2.45, 2.75) is 126 Å². The summed E-state index contributed by atoms with van der Waals surface area (Å²) >= 11 is 0. The van der Waals surface area contributed by atoms with E-state index >= 15 is 0 Å². The van der Waals surface area contributed by atoms with Crippen molar-refractivity contribution >= 4 is 11.8 Å². The van der Waals surface area contributed by atoms with E-state index in [0.29, 0.717) is 23.0 Å². The van der Waals surface area contributed by atoms with Gasteiger partial charge in [0.25, 0.3) is 0 Å². The minimum Gasteiger partial charge on any atom is -0.462 e. The van der Waals surface area contributed by atoms with Crippen molar-refractivity contribution in [2.75, 3.05) is 0 Å². The van der Waals surface area contributed by atoms with E-state index in [-0.39, 0.29) is 28.8 Å². The van der Waals surface area contributed by atoms with Crippen LogP contribution in [0.2, 0.25) is 0 Å². The van der Waals surface area contributed by atoms with Gasteiger partial charge in [0.15, 0.2) is 0 Å². The Kier molecular flexibility index (Phi) is 6.93. The Labute approximate surface area is 208 Å². The van der Waals surface area contributed by atoms with Crippen LogP contribution in [-0.4, -0.2) is 17.9 Å². The highest BCUT2D eigenvalue weighted by atomic mass is 16.5. The zero-order chi connectivity index (χ0) is 25.1. The van der Waals surface area contributed by atoms with Crippen LogP contribution >= 0.6 is 0 Å². The smallest absolute Gasteiger partial charge is 0.302 e. The van der Waals surface area contributed by atoms with Gasteiger partial charge in [0.2, 0.25) is 0 Å². The Morgan fingerprint density at radius 1 is 0.971 bits per heavy atom. The van der Waals surface area contributed by atoms with Gasteiger partial charge in [-0.1, -0.05) is 59.6 Å². The molecule has 0 saturated heterocycles. The summed E-state index contributed by atoms with van der Waals surface area (Å²) in [4.78, 5) is 24.1. The third-order valence-corrected chi connectivity index (χ3v) is 11.4. The normalized spacial score (nSPS) is 39.8. The van der Waals surface area contributed by atoms with Crippen LogP contribution in [0, 0.1) is 45.8 Å². The van der Waals surface area contributed by atoms with Gasteiger partial charge in [0.05, 0.1) is 0 Å². The van der Waals surface area contributed by atoms with Crippen LogP contribution in [0.3, 0.4) is 0 Å². The monoisotopic (exact) mass is 470 g/mol. The highest BCUT2D eigenvalue weighted by Gasteiger charge is 2.59. The third kappa shape index (κ3) is 4.11. The molecule has 2 saturated carbocycles. The van der Waals surface area contributed by atoms with Gasteiger partial charge in [-0.15, -0.1) is 0 Å². The first-order valence-electron chi connectivity index (χ1n) is 14.2. The number of rotatable bonds is 6. The summed E-state index contributed by atoms with van der Waals surface area (Å²) in [6.45, 7) is 17.9. The molecule has 4 aliphatic rings. The fourth-order valence-electron chi connectivity index (χ4n) is 9.52. The Bertz CT molecular complexity index is 851. The summed E-state index contributed by atoms with van der Waals surface area (Å²) in [5, 5.41) is 0. The van der Waals surface area contributed by atoms with E-state index in [2.05, 4.69) is 34.6 Å². The molecular formula is C31H50O3. The van der Waals surface area contributed by atoms with Gasteiger partial charge in [-0.25, -0.2) is 0 Å². The molecule has 0 bridgehead atoms. The summed E-state index contributed by atoms with van der Waals surface area (Å²) < 4.78 is 5.84. The van der Waals surface area contributed by atoms with E-state index in [4.69, 9.17) is 4.74 Å². The molecule has 0 unspecified atom stereocenters. The van der Waals surface area contributed by atoms with Gasteiger partial charge >= 0.3 is 5.97 Å². The van der Waals surface area contributed by atoms with Gasteiger partial charge < -0.3 is 4.74 Å². The Morgan fingerprint density at radius 2 is 1.68 bits per heavy atom. The zero-order valence-electron chi connectivity index (χ0n) is 23.3. The van der Waals surface area contributed by atoms with E-state index in [9.17, 15) is 9.59 Å². The lowest BCUT2D eigenvalue weighted by Gasteiger charge is -2.60. The highest BCUT2D eigenvalue weighted by molar-refractivity contribution is 5.80. The van der Waals surface area contributed by atoms with Crippen molar-refractivity contribution in [1.29, 1.82) is 0 Å². The number of carbonyl (C=O) groups excluding carboxylic acids is 2. The molecule has 0 spiro atoms. The number of fused-ring (bicyclic) bond motifs is 4. The van der Waals surface area contributed by atoms with Gasteiger partial charge in [-0.05, 0) is 92.3 Å². The van der Waals surface area contributed by atoms with Gasteiger partial charge in [-0.3, -0.25) is 9.59 Å². The SMILES string of the molecule is CC(=O)O[C@@H]1CC[C@]2(C)C3=C(CC[C@@H]2C1(C)C)[C@@H]1CC[C@@H]([C@H](C)CCC(=O)C(C)C)[C@@]1(C)CC3. The number of carbonyl (C=O) groups is 2. The lowest BCUT2D eigenvalue weighted by atomic mass is 9.45. The van der Waals surface area contributed by atoms with Crippen molar-refractivity contribution in [3.63, 3.8) is 0 Å². The molecule has 192 valence electrons. The molecule has 34 heavy (non-hydrogen) atoms. The number of Topliss-reactive ketones (excluding diaryl/α,β-unsaturated/α-hetero) is 1. The number of allylic oxidation sites excluding steroid dienone is 2. The number of esters is 1. The van der Waals surface area contributed by atoms with Crippen LogP contribution in [0.4, 0.5) is 0 Å². The number of hydrogen-bond acceptors (Lipinski definition) is 3. The molecule has 0 radical (unpaired) electrons. The average molecular weight is 471 g/mol. The van der Waals surface area contributed by atoms with Gasteiger partial charge in [-0.2, -0.15) is 0 Å². The molecule has 0 heterocycles. The largest absolute Gasteiger partial charge is 0.462 e. The van der Waals surface area contributed by atoms with Crippen molar-refractivity contribution < 1.29 is 14.3 Å². The van der Waals surface area contributed by atoms with Crippen LogP contribution in [0.15, 0.2) is 11.1 Å². The van der Waals surface area contributed by atoms with Crippen LogP contribution in [-0.2, 0) is 14.3 Å². The molecule has 2 fully saturated rings. The maximum Gasteiger partial charge on any atom is 0.302 e. The summed E-state index contributed by atoms with van der Waals surface area (Å²) in [5.74, 6) is 3.15. The molecule has 0 aromatic heterocycles. The highest BCUT2D eigenvalue weighted by Crippen LogP contribution is 2.68. The molecule has 3 nitrogen and oxygen atoms in total. The van der Waals surface area contributed by atoms with E-state index in [0.717, 1.165) is 37.5 Å². The standard InChI is InChI=1S/C31H50O3/c1-19(2)26(33)13-9-20(3)23-11-12-24-22-10-14-27-29(5,6)28(34-21(4)32)16-18-31(27,8)25(22)15-17-30(23,24)7/h19-20,23-24,27-28H,9-18H2,1-8H3/t20-,23+,24+,27-,28-,30-,31-/m1/s1. The maximum atomic E-state index is 12.3. The second kappa shape index (κ2) is 9.07. The summed E-state index contributed by atoms with van der Waals surface area (Å²) in [5.41, 5.74) is 4.29. The lowest BCUT2D eigenvalue weighted by molar-refractivity contribution is -0.167. The number of ether oxygens (including phenoxy) is 1. The molecule has 0 aromatic carbocycles. The summed E-state index contributed by atoms with van der Waals surface area (Å²) in [6, 6.07) is 0. The Balaban J connectivity index is 1.56. The molecule has 0 aliphatic heterocycles. The van der Waals surface area contributed by atoms with E-state index in [1.807, 2.05) is 19.4 Å². The van der Waals surface area contributed by atoms with Crippen molar-refractivity contribution in [3.8, 4) is 0 Å². The molecule has 0 N–H and O–H groups in total. The third-order valence-electron chi connectivity index (χ3n) is 11.4. The number of hydrogen-bond donors (Lipinski definition) is 0. The Morgan fingerprint density at radius 3 is 2.32 bits per heavy atom. The first kappa shape index (κ1) is 26.0. The fourth-order valence-corrected chi connectivity index (χ4v) is 9.52. The van der Waals surface area contributed by atoms with Crippen molar-refractivity contribution in [3.05, 3.63) is 11.1 Å². The second-order valence-electron chi connectivity index (χ2n) is 13.8. The minimum absolute atomic E-state index is 0.0215. The molecule has 4 aliphatic carbocycles. The maximum absolute atomic E-state index is 12.3. The van der Waals surface area contributed by atoms with Gasteiger partial charge in [0.1, 0.15) is 11.9 Å². The van der Waals surface area contributed by atoms with Crippen molar-refractivity contribution in [2.24, 2.45) is 45.8 Å². The quantitative estimate of drug-likeness (QED) is 0.292. The predicted octanol–water partition coefficient (Wildman–Crippen LogP) is 7.92. The van der Waals surface area contributed by atoms with E-state index in [1.165, 1.54) is 38.5 Å². The predicted molar refractivity (Wildman–Crippen MR) is 138 cm³/mol. The van der Waals surface area contributed by atoms with Crippen LogP contribution in [0.25, 0.3) is 0 Å². The molecule has 4 rings (SSSR count).